The molecule has 0 aromatic heterocycles. The minimum Gasteiger partial charge on any atom is -0.238 e. The highest BCUT2D eigenvalue weighted by Crippen LogP contribution is 2.26. The molecule has 0 N–H and O–H groups in total. The fourth-order valence-corrected chi connectivity index (χ4v) is 2.03. The molecular weight excluding hydrogens is 196 g/mol. The molecule has 1 aliphatic carbocycles. The summed E-state index contributed by atoms with van der Waals surface area (Å²) >= 11 is 0. The van der Waals surface area contributed by atoms with E-state index in [1.807, 2.05) is 29.1 Å². The van der Waals surface area contributed by atoms with Gasteiger partial charge < -0.3 is 0 Å². The monoisotopic (exact) mass is 208 g/mol. The first-order valence-electron chi connectivity index (χ1n) is 5.35. The van der Waals surface area contributed by atoms with E-state index in [9.17, 15) is 0 Å². The highest BCUT2D eigenvalue weighted by Gasteiger charge is 2.09. The number of para-hydroxylation sites is 1. The van der Waals surface area contributed by atoms with E-state index in [1.165, 1.54) is 16.8 Å². The molecule has 0 amide bonds. The normalized spacial score (nSPS) is 10.8. The molecule has 0 atom stereocenters. The quantitative estimate of drug-likeness (QED) is 0.600. The Morgan fingerprint density at radius 1 is 0.938 bits per heavy atom. The Morgan fingerprint density at radius 2 is 1.75 bits per heavy atom. The molecular formula is C14H12N2. The number of benzene rings is 1. The third-order valence-corrected chi connectivity index (χ3v) is 2.87. The minimum absolute atomic E-state index is 1.10. The van der Waals surface area contributed by atoms with E-state index in [2.05, 4.69) is 42.4 Å². The van der Waals surface area contributed by atoms with Gasteiger partial charge >= 0.3 is 0 Å². The van der Waals surface area contributed by atoms with E-state index >= 15 is 0 Å². The summed E-state index contributed by atoms with van der Waals surface area (Å²) in [5.74, 6) is 0. The van der Waals surface area contributed by atoms with Crippen molar-refractivity contribution in [1.29, 1.82) is 0 Å². The number of hydrogen-bond acceptors (Lipinski definition) is 1. The molecule has 0 saturated heterocycles. The van der Waals surface area contributed by atoms with Gasteiger partial charge in [0.05, 0.1) is 11.9 Å². The van der Waals surface area contributed by atoms with Crippen LogP contribution in [0.4, 0.5) is 0 Å². The van der Waals surface area contributed by atoms with Gasteiger partial charge in [-0.25, -0.2) is 4.68 Å². The van der Waals surface area contributed by atoms with Crippen LogP contribution < -0.4 is 0 Å². The molecule has 0 fully saturated rings. The van der Waals surface area contributed by atoms with Gasteiger partial charge in [-0.2, -0.15) is 5.10 Å². The van der Waals surface area contributed by atoms with Crippen molar-refractivity contribution in [3.8, 4) is 16.8 Å². The van der Waals surface area contributed by atoms with Crippen LogP contribution in [-0.4, -0.2) is 9.78 Å². The van der Waals surface area contributed by atoms with E-state index in [1.54, 1.807) is 0 Å². The second-order valence-corrected chi connectivity index (χ2v) is 3.87. The lowest BCUT2D eigenvalue weighted by molar-refractivity contribution is 0.808. The summed E-state index contributed by atoms with van der Waals surface area (Å²) < 4.78 is 1.97. The van der Waals surface area contributed by atoms with Crippen molar-refractivity contribution >= 4 is 0 Å². The van der Waals surface area contributed by atoms with Crippen molar-refractivity contribution in [2.45, 2.75) is 6.92 Å². The van der Waals surface area contributed by atoms with Gasteiger partial charge in [-0.3, -0.25) is 0 Å². The molecule has 1 aliphatic heterocycles. The number of aromatic nitrogens is 2. The van der Waals surface area contributed by atoms with Crippen LogP contribution in [0, 0.1) is 6.92 Å². The summed E-state index contributed by atoms with van der Waals surface area (Å²) in [6.45, 7) is 2.10. The van der Waals surface area contributed by atoms with Crippen LogP contribution in [0.3, 0.4) is 0 Å². The molecule has 0 bridgehead atoms. The zero-order chi connectivity index (χ0) is 11.0. The molecule has 1 aromatic carbocycles. The second-order valence-electron chi connectivity index (χ2n) is 3.87. The lowest BCUT2D eigenvalue weighted by Gasteiger charge is -2.12. The Balaban J connectivity index is 2.26. The zero-order valence-corrected chi connectivity index (χ0v) is 9.09. The maximum atomic E-state index is 4.47. The first kappa shape index (κ1) is 9.16. The summed E-state index contributed by atoms with van der Waals surface area (Å²) in [7, 11) is 0. The Kier molecular flexibility index (Phi) is 2.00. The topological polar surface area (TPSA) is 17.8 Å². The third kappa shape index (κ3) is 1.31. The van der Waals surface area contributed by atoms with E-state index < -0.39 is 0 Å². The van der Waals surface area contributed by atoms with Crippen LogP contribution in [0.25, 0.3) is 16.8 Å². The van der Waals surface area contributed by atoms with Gasteiger partial charge in [0.1, 0.15) is 0 Å². The van der Waals surface area contributed by atoms with Gasteiger partial charge in [-0.1, -0.05) is 36.4 Å². The van der Waals surface area contributed by atoms with Crippen LogP contribution >= 0.6 is 0 Å². The maximum Gasteiger partial charge on any atom is 0.0648 e. The Morgan fingerprint density at radius 3 is 2.56 bits per heavy atom. The molecule has 78 valence electrons. The van der Waals surface area contributed by atoms with E-state index in [-0.39, 0.29) is 0 Å². The summed E-state index contributed by atoms with van der Waals surface area (Å²) in [5, 5.41) is 4.47. The minimum atomic E-state index is 1.10. The lowest BCUT2D eigenvalue weighted by Crippen LogP contribution is -2.05. The fourth-order valence-electron chi connectivity index (χ4n) is 2.03. The SMILES string of the molecule is Cc1c2cccc-2cnn1-c1ccccc1. The molecule has 2 heteroatoms. The van der Waals surface area contributed by atoms with E-state index in [4.69, 9.17) is 0 Å². The van der Waals surface area contributed by atoms with Crippen LogP contribution in [0.5, 0.6) is 0 Å². The van der Waals surface area contributed by atoms with Crippen molar-refractivity contribution < 1.29 is 0 Å². The summed E-state index contributed by atoms with van der Waals surface area (Å²) in [6.07, 6.45) is 1.91. The summed E-state index contributed by atoms with van der Waals surface area (Å²) in [4.78, 5) is 0. The molecule has 1 heterocycles. The van der Waals surface area contributed by atoms with Crippen molar-refractivity contribution in [2.75, 3.05) is 0 Å². The third-order valence-electron chi connectivity index (χ3n) is 2.87. The molecule has 3 rings (SSSR count). The average Bonchev–Trinajstić information content (AvgIpc) is 2.80. The highest BCUT2D eigenvalue weighted by molar-refractivity contribution is 5.68. The lowest BCUT2D eigenvalue weighted by atomic mass is 10.1. The number of fused-ring (bicyclic) bond motifs is 1. The largest absolute Gasteiger partial charge is 0.238 e. The van der Waals surface area contributed by atoms with Gasteiger partial charge in [-0.05, 0) is 19.1 Å². The van der Waals surface area contributed by atoms with Crippen LogP contribution in [0.2, 0.25) is 0 Å². The first-order valence-corrected chi connectivity index (χ1v) is 5.35. The van der Waals surface area contributed by atoms with Crippen molar-refractivity contribution in [3.05, 3.63) is 60.4 Å². The molecule has 1 aromatic rings. The predicted molar refractivity (Wildman–Crippen MR) is 64.9 cm³/mol. The van der Waals surface area contributed by atoms with Gasteiger partial charge in [-0.15, -0.1) is 0 Å². The van der Waals surface area contributed by atoms with Gasteiger partial charge in [0.15, 0.2) is 0 Å². The standard InChI is InChI=1S/C14H12N2/c1-11-14-9-5-6-12(14)10-15-16(11)13-7-3-2-4-8-13/h2-10H,1H3. The smallest absolute Gasteiger partial charge is 0.0648 e. The first-order chi connectivity index (χ1) is 7.86. The molecule has 2 aliphatic rings. The molecule has 0 saturated carbocycles. The molecule has 2 nitrogen and oxygen atoms in total. The Bertz CT molecular complexity index is 581. The molecule has 0 radical (unpaired) electrons. The Hall–Kier alpha value is -2.09. The van der Waals surface area contributed by atoms with E-state index in [0.717, 1.165) is 5.69 Å². The summed E-state index contributed by atoms with van der Waals surface area (Å²) in [5.41, 5.74) is 4.74. The zero-order valence-electron chi connectivity index (χ0n) is 9.09. The van der Waals surface area contributed by atoms with Gasteiger partial charge in [0.2, 0.25) is 0 Å². The summed E-state index contributed by atoms with van der Waals surface area (Å²) in [6, 6.07) is 16.5. The number of rotatable bonds is 1. The molecule has 0 unspecified atom stereocenters. The number of hydrogen-bond donors (Lipinski definition) is 0. The average molecular weight is 208 g/mol. The van der Waals surface area contributed by atoms with Crippen molar-refractivity contribution in [1.82, 2.24) is 9.78 Å². The van der Waals surface area contributed by atoms with Crippen LogP contribution in [0.1, 0.15) is 5.69 Å². The van der Waals surface area contributed by atoms with Crippen LogP contribution in [0.15, 0.2) is 54.7 Å². The second kappa shape index (κ2) is 3.49. The van der Waals surface area contributed by atoms with Crippen molar-refractivity contribution in [3.63, 3.8) is 0 Å². The van der Waals surface area contributed by atoms with E-state index in [0.29, 0.717) is 0 Å². The van der Waals surface area contributed by atoms with Gasteiger partial charge in [0.25, 0.3) is 0 Å². The Labute approximate surface area is 94.5 Å². The van der Waals surface area contributed by atoms with Gasteiger partial charge in [0, 0.05) is 16.8 Å². The van der Waals surface area contributed by atoms with Crippen molar-refractivity contribution in [2.24, 2.45) is 0 Å². The molecule has 0 spiro atoms. The maximum absolute atomic E-state index is 4.47. The van der Waals surface area contributed by atoms with Crippen LogP contribution in [-0.2, 0) is 0 Å². The fraction of sp³-hybridized carbons (Fsp3) is 0.0714. The number of nitrogens with zero attached hydrogens (tertiary/aromatic N) is 2. The highest BCUT2D eigenvalue weighted by atomic mass is 15.3. The molecule has 16 heavy (non-hydrogen) atoms. The predicted octanol–water partition coefficient (Wildman–Crippen LogP) is 3.29.